The Morgan fingerprint density at radius 1 is 1.11 bits per heavy atom. The predicted octanol–water partition coefficient (Wildman–Crippen LogP) is 2.99. The van der Waals surface area contributed by atoms with E-state index in [9.17, 15) is 14.0 Å². The first-order valence-corrected chi connectivity index (χ1v) is 9.15. The molecule has 0 aromatic heterocycles. The summed E-state index contributed by atoms with van der Waals surface area (Å²) in [7, 11) is 1.33. The van der Waals surface area contributed by atoms with E-state index in [0.717, 1.165) is 11.8 Å². The summed E-state index contributed by atoms with van der Waals surface area (Å²) < 4.78 is 23.5. The molecular formula is C20H20ClFN2O4. The monoisotopic (exact) mass is 406 g/mol. The molecule has 1 saturated heterocycles. The van der Waals surface area contributed by atoms with Crippen LogP contribution in [0.25, 0.3) is 0 Å². The molecule has 0 spiro atoms. The third-order valence-corrected chi connectivity index (χ3v) is 4.86. The Labute approximate surface area is 167 Å². The fourth-order valence-corrected chi connectivity index (χ4v) is 3.26. The highest BCUT2D eigenvalue weighted by Crippen LogP contribution is 2.26. The lowest BCUT2D eigenvalue weighted by Crippen LogP contribution is -2.50. The lowest BCUT2D eigenvalue weighted by Gasteiger charge is -2.36. The Morgan fingerprint density at radius 2 is 1.82 bits per heavy atom. The first-order chi connectivity index (χ1) is 13.5. The summed E-state index contributed by atoms with van der Waals surface area (Å²) in [4.78, 5) is 28.1. The Hall–Kier alpha value is -2.80. The molecule has 28 heavy (non-hydrogen) atoms. The molecule has 1 aliphatic rings. The van der Waals surface area contributed by atoms with Crippen LogP contribution in [0.5, 0.6) is 5.75 Å². The molecule has 6 nitrogen and oxygen atoms in total. The molecule has 0 saturated carbocycles. The summed E-state index contributed by atoms with van der Waals surface area (Å²) in [5, 5.41) is 0.669. The second-order valence-corrected chi connectivity index (χ2v) is 6.65. The molecule has 0 aliphatic carbocycles. The third kappa shape index (κ3) is 4.54. The van der Waals surface area contributed by atoms with E-state index in [4.69, 9.17) is 21.1 Å². The van der Waals surface area contributed by atoms with Gasteiger partial charge in [-0.3, -0.25) is 4.79 Å². The molecule has 2 aromatic rings. The minimum Gasteiger partial charge on any atom is -0.494 e. The minimum atomic E-state index is -0.760. The molecule has 0 bridgehead atoms. The second kappa shape index (κ2) is 8.93. The van der Waals surface area contributed by atoms with Crippen molar-refractivity contribution >= 4 is 29.2 Å². The average molecular weight is 407 g/mol. The van der Waals surface area contributed by atoms with Crippen molar-refractivity contribution in [3.63, 3.8) is 0 Å². The third-order valence-electron chi connectivity index (χ3n) is 4.54. The van der Waals surface area contributed by atoms with Gasteiger partial charge in [-0.2, -0.15) is 0 Å². The number of methoxy groups -OCH3 is 1. The zero-order valence-corrected chi connectivity index (χ0v) is 16.1. The highest BCUT2D eigenvalue weighted by molar-refractivity contribution is 6.33. The van der Waals surface area contributed by atoms with Crippen LogP contribution in [-0.2, 0) is 9.53 Å². The fourth-order valence-electron chi connectivity index (χ4n) is 3.00. The average Bonchev–Trinajstić information content (AvgIpc) is 2.72. The van der Waals surface area contributed by atoms with Crippen LogP contribution >= 0.6 is 11.6 Å². The van der Waals surface area contributed by atoms with E-state index >= 15 is 0 Å². The summed E-state index contributed by atoms with van der Waals surface area (Å²) in [6, 6.07) is 11.3. The van der Waals surface area contributed by atoms with Crippen LogP contribution in [0, 0.1) is 5.82 Å². The van der Waals surface area contributed by atoms with Crippen molar-refractivity contribution in [1.29, 1.82) is 0 Å². The number of esters is 1. The number of piperazine rings is 1. The standard InChI is InChI=1S/C20H20ClFN2O4/c1-27-18-7-6-14(12-16(18)22)20(26)28-13-19(25)24-10-8-23(9-11-24)17-5-3-2-4-15(17)21/h2-7,12H,8-11,13H2,1H3. The summed E-state index contributed by atoms with van der Waals surface area (Å²) in [6.45, 7) is 1.87. The molecular weight excluding hydrogens is 387 g/mol. The first-order valence-electron chi connectivity index (χ1n) is 8.77. The number of anilines is 1. The van der Waals surface area contributed by atoms with Crippen LogP contribution < -0.4 is 9.64 Å². The van der Waals surface area contributed by atoms with Gasteiger partial charge in [0, 0.05) is 26.2 Å². The van der Waals surface area contributed by atoms with E-state index < -0.39 is 18.4 Å². The maximum Gasteiger partial charge on any atom is 0.338 e. The number of nitrogens with zero attached hydrogens (tertiary/aromatic N) is 2. The van der Waals surface area contributed by atoms with E-state index in [0.29, 0.717) is 31.2 Å². The summed E-state index contributed by atoms with van der Waals surface area (Å²) in [5.41, 5.74) is 0.957. The molecule has 148 valence electrons. The normalized spacial score (nSPS) is 14.0. The topological polar surface area (TPSA) is 59.1 Å². The van der Waals surface area contributed by atoms with Gasteiger partial charge < -0.3 is 19.3 Å². The molecule has 0 unspecified atom stereocenters. The number of amides is 1. The van der Waals surface area contributed by atoms with E-state index in [1.807, 2.05) is 24.3 Å². The van der Waals surface area contributed by atoms with Crippen LogP contribution in [-0.4, -0.2) is 56.7 Å². The lowest BCUT2D eigenvalue weighted by atomic mass is 10.2. The molecule has 1 heterocycles. The van der Waals surface area contributed by atoms with Gasteiger partial charge in [0.1, 0.15) is 0 Å². The van der Waals surface area contributed by atoms with E-state index in [-0.39, 0.29) is 17.2 Å². The van der Waals surface area contributed by atoms with Crippen molar-refractivity contribution < 1.29 is 23.5 Å². The fraction of sp³-hybridized carbons (Fsp3) is 0.300. The number of hydrogen-bond acceptors (Lipinski definition) is 5. The van der Waals surface area contributed by atoms with Crippen molar-refractivity contribution in [1.82, 2.24) is 4.90 Å². The van der Waals surface area contributed by atoms with Crippen LogP contribution in [0.2, 0.25) is 5.02 Å². The summed E-state index contributed by atoms with van der Waals surface area (Å²) in [5.74, 6) is -1.69. The molecule has 8 heteroatoms. The number of carbonyl (C=O) groups excluding carboxylic acids is 2. The maximum atomic E-state index is 13.7. The molecule has 1 fully saturated rings. The Bertz CT molecular complexity index is 869. The van der Waals surface area contributed by atoms with Crippen LogP contribution in [0.3, 0.4) is 0 Å². The van der Waals surface area contributed by atoms with Gasteiger partial charge in [-0.05, 0) is 30.3 Å². The molecule has 2 aromatic carbocycles. The zero-order valence-electron chi connectivity index (χ0n) is 15.4. The number of hydrogen-bond donors (Lipinski definition) is 0. The molecule has 0 N–H and O–H groups in total. The number of carbonyl (C=O) groups is 2. The quantitative estimate of drug-likeness (QED) is 0.714. The van der Waals surface area contributed by atoms with E-state index in [2.05, 4.69) is 4.90 Å². The zero-order chi connectivity index (χ0) is 20.1. The molecule has 0 atom stereocenters. The van der Waals surface area contributed by atoms with Gasteiger partial charge in [0.2, 0.25) is 0 Å². The second-order valence-electron chi connectivity index (χ2n) is 6.24. The Morgan fingerprint density at radius 3 is 2.46 bits per heavy atom. The van der Waals surface area contributed by atoms with Gasteiger partial charge in [0.15, 0.2) is 18.2 Å². The lowest BCUT2D eigenvalue weighted by molar-refractivity contribution is -0.134. The van der Waals surface area contributed by atoms with Crippen molar-refractivity contribution in [2.75, 3.05) is 44.8 Å². The van der Waals surface area contributed by atoms with Crippen molar-refractivity contribution in [3.05, 3.63) is 58.9 Å². The number of para-hydroxylation sites is 1. The number of halogens is 2. The highest BCUT2D eigenvalue weighted by Gasteiger charge is 2.23. The van der Waals surface area contributed by atoms with E-state index in [1.54, 1.807) is 4.90 Å². The van der Waals surface area contributed by atoms with Crippen molar-refractivity contribution in [2.24, 2.45) is 0 Å². The Kier molecular flexibility index (Phi) is 6.36. The van der Waals surface area contributed by atoms with Crippen molar-refractivity contribution in [3.8, 4) is 5.75 Å². The Balaban J connectivity index is 1.50. The maximum absolute atomic E-state index is 13.7. The minimum absolute atomic E-state index is 0.0228. The molecule has 1 aliphatic heterocycles. The van der Waals surface area contributed by atoms with Gasteiger partial charge in [-0.25, -0.2) is 9.18 Å². The van der Waals surface area contributed by atoms with Gasteiger partial charge >= 0.3 is 5.97 Å². The van der Waals surface area contributed by atoms with Crippen LogP contribution in [0.4, 0.5) is 10.1 Å². The smallest absolute Gasteiger partial charge is 0.338 e. The van der Waals surface area contributed by atoms with Crippen LogP contribution in [0.1, 0.15) is 10.4 Å². The SMILES string of the molecule is COc1ccc(C(=O)OCC(=O)N2CCN(c3ccccc3Cl)CC2)cc1F. The van der Waals surface area contributed by atoms with Gasteiger partial charge in [0.05, 0.1) is 23.4 Å². The molecule has 1 amide bonds. The van der Waals surface area contributed by atoms with Crippen LogP contribution in [0.15, 0.2) is 42.5 Å². The molecule has 3 rings (SSSR count). The number of benzene rings is 2. The van der Waals surface area contributed by atoms with E-state index in [1.165, 1.54) is 19.2 Å². The van der Waals surface area contributed by atoms with Gasteiger partial charge in [0.25, 0.3) is 5.91 Å². The number of rotatable bonds is 5. The van der Waals surface area contributed by atoms with Crippen molar-refractivity contribution in [2.45, 2.75) is 0 Å². The largest absolute Gasteiger partial charge is 0.494 e. The summed E-state index contributed by atoms with van der Waals surface area (Å²) >= 11 is 6.22. The highest BCUT2D eigenvalue weighted by atomic mass is 35.5. The first kappa shape index (κ1) is 19.9. The predicted molar refractivity (Wildman–Crippen MR) is 103 cm³/mol. The number of ether oxygens (including phenoxy) is 2. The van der Waals surface area contributed by atoms with Gasteiger partial charge in [-0.15, -0.1) is 0 Å². The van der Waals surface area contributed by atoms with Gasteiger partial charge in [-0.1, -0.05) is 23.7 Å². The molecule has 0 radical (unpaired) electrons. The summed E-state index contributed by atoms with van der Waals surface area (Å²) in [6.07, 6.45) is 0.